The van der Waals surface area contributed by atoms with Crippen LogP contribution in [0.3, 0.4) is 0 Å². The van der Waals surface area contributed by atoms with Gasteiger partial charge in [-0.2, -0.15) is 0 Å². The standard InChI is InChI=1S/C21H25N3OS/c1-13-9-14(2)11-24(10-13)20-19-18(12-26-21(19)23-15(3)22-20)16-5-7-17(25-4)8-6-16/h5-8,12-14H,9-11H2,1-4H3. The molecular weight excluding hydrogens is 342 g/mol. The zero-order valence-electron chi connectivity index (χ0n) is 15.8. The highest BCUT2D eigenvalue weighted by atomic mass is 32.1. The second kappa shape index (κ2) is 6.88. The van der Waals surface area contributed by atoms with Crippen molar-refractivity contribution >= 4 is 27.4 Å². The van der Waals surface area contributed by atoms with E-state index in [4.69, 9.17) is 14.7 Å². The zero-order chi connectivity index (χ0) is 18.3. The number of anilines is 1. The molecule has 2 atom stereocenters. The second-order valence-corrected chi connectivity index (χ2v) is 8.36. The summed E-state index contributed by atoms with van der Waals surface area (Å²) < 4.78 is 5.30. The molecular formula is C21H25N3OS. The summed E-state index contributed by atoms with van der Waals surface area (Å²) in [5, 5.41) is 3.40. The average Bonchev–Trinajstić information content (AvgIpc) is 3.04. The second-order valence-electron chi connectivity index (χ2n) is 7.50. The van der Waals surface area contributed by atoms with Crippen molar-refractivity contribution < 1.29 is 4.74 Å². The number of thiophene rings is 1. The Kier molecular flexibility index (Phi) is 4.57. The molecule has 0 N–H and O–H groups in total. The van der Waals surface area contributed by atoms with Crippen molar-refractivity contribution in [2.75, 3.05) is 25.1 Å². The Labute approximate surface area is 158 Å². The highest BCUT2D eigenvalue weighted by Crippen LogP contribution is 2.40. The normalized spacial score (nSPS) is 20.5. The summed E-state index contributed by atoms with van der Waals surface area (Å²) in [7, 11) is 1.70. The first-order chi connectivity index (χ1) is 12.5. The SMILES string of the molecule is COc1ccc(-c2csc3nc(C)nc(N4CC(C)CC(C)C4)c23)cc1. The van der Waals surface area contributed by atoms with Crippen LogP contribution in [0.1, 0.15) is 26.1 Å². The Balaban J connectivity index is 1.85. The van der Waals surface area contributed by atoms with Gasteiger partial charge in [-0.3, -0.25) is 0 Å². The Morgan fingerprint density at radius 2 is 1.77 bits per heavy atom. The predicted octanol–water partition coefficient (Wildman–Crippen LogP) is 5.16. The van der Waals surface area contributed by atoms with Gasteiger partial charge in [0.1, 0.15) is 22.2 Å². The van der Waals surface area contributed by atoms with E-state index in [1.165, 1.54) is 22.9 Å². The van der Waals surface area contributed by atoms with Gasteiger partial charge in [0.2, 0.25) is 0 Å². The molecule has 4 nitrogen and oxygen atoms in total. The van der Waals surface area contributed by atoms with Crippen LogP contribution < -0.4 is 9.64 Å². The molecule has 26 heavy (non-hydrogen) atoms. The molecule has 136 valence electrons. The fourth-order valence-corrected chi connectivity index (χ4v) is 5.06. The van der Waals surface area contributed by atoms with E-state index in [0.717, 1.165) is 35.3 Å². The maximum Gasteiger partial charge on any atom is 0.141 e. The van der Waals surface area contributed by atoms with Crippen molar-refractivity contribution in [3.05, 3.63) is 35.5 Å². The summed E-state index contributed by atoms with van der Waals surface area (Å²) in [5.41, 5.74) is 2.40. The molecule has 3 aromatic rings. The molecule has 0 amide bonds. The van der Waals surface area contributed by atoms with Gasteiger partial charge < -0.3 is 9.64 Å². The van der Waals surface area contributed by atoms with E-state index < -0.39 is 0 Å². The van der Waals surface area contributed by atoms with Crippen molar-refractivity contribution in [1.82, 2.24) is 9.97 Å². The predicted molar refractivity (Wildman–Crippen MR) is 109 cm³/mol. The van der Waals surface area contributed by atoms with Crippen LogP contribution >= 0.6 is 11.3 Å². The van der Waals surface area contributed by atoms with Crippen molar-refractivity contribution in [3.63, 3.8) is 0 Å². The van der Waals surface area contributed by atoms with Gasteiger partial charge >= 0.3 is 0 Å². The van der Waals surface area contributed by atoms with E-state index in [2.05, 4.69) is 36.3 Å². The summed E-state index contributed by atoms with van der Waals surface area (Å²) in [4.78, 5) is 13.1. The highest BCUT2D eigenvalue weighted by Gasteiger charge is 2.26. The lowest BCUT2D eigenvalue weighted by Crippen LogP contribution is -2.39. The number of aryl methyl sites for hydroxylation is 1. The van der Waals surface area contributed by atoms with Crippen LogP contribution in [-0.4, -0.2) is 30.2 Å². The minimum atomic E-state index is 0.687. The van der Waals surface area contributed by atoms with Crippen LogP contribution in [0.15, 0.2) is 29.6 Å². The first kappa shape index (κ1) is 17.3. The topological polar surface area (TPSA) is 38.3 Å². The zero-order valence-corrected chi connectivity index (χ0v) is 16.6. The van der Waals surface area contributed by atoms with Gasteiger partial charge in [-0.1, -0.05) is 26.0 Å². The number of methoxy groups -OCH3 is 1. The maximum atomic E-state index is 5.30. The van der Waals surface area contributed by atoms with Crippen LogP contribution in [0.4, 0.5) is 5.82 Å². The molecule has 1 aliphatic heterocycles. The third-order valence-corrected chi connectivity index (χ3v) is 5.97. The molecule has 2 aromatic heterocycles. The summed E-state index contributed by atoms with van der Waals surface area (Å²) in [6.45, 7) is 8.80. The molecule has 0 saturated carbocycles. The van der Waals surface area contributed by atoms with Gasteiger partial charge in [-0.25, -0.2) is 9.97 Å². The van der Waals surface area contributed by atoms with E-state index >= 15 is 0 Å². The number of hydrogen-bond donors (Lipinski definition) is 0. The Morgan fingerprint density at radius 3 is 2.42 bits per heavy atom. The average molecular weight is 368 g/mol. The lowest BCUT2D eigenvalue weighted by Gasteiger charge is -2.36. The fourth-order valence-electron chi connectivity index (χ4n) is 4.07. The molecule has 5 heteroatoms. The lowest BCUT2D eigenvalue weighted by atomic mass is 9.91. The Bertz CT molecular complexity index is 909. The molecule has 1 aliphatic rings. The number of aromatic nitrogens is 2. The monoisotopic (exact) mass is 367 g/mol. The molecule has 1 fully saturated rings. The van der Waals surface area contributed by atoms with Crippen LogP contribution in [0.25, 0.3) is 21.3 Å². The number of fused-ring (bicyclic) bond motifs is 1. The smallest absolute Gasteiger partial charge is 0.141 e. The first-order valence-electron chi connectivity index (χ1n) is 9.20. The van der Waals surface area contributed by atoms with Crippen molar-refractivity contribution in [3.8, 4) is 16.9 Å². The van der Waals surface area contributed by atoms with Gasteiger partial charge in [-0.15, -0.1) is 11.3 Å². The number of nitrogens with zero attached hydrogens (tertiary/aromatic N) is 3. The molecule has 0 aliphatic carbocycles. The third kappa shape index (κ3) is 3.16. The molecule has 4 rings (SSSR count). The minimum absolute atomic E-state index is 0.687. The van der Waals surface area contributed by atoms with E-state index in [-0.39, 0.29) is 0 Å². The van der Waals surface area contributed by atoms with Gasteiger partial charge in [-0.05, 0) is 42.9 Å². The summed E-state index contributed by atoms with van der Waals surface area (Å²) in [6.07, 6.45) is 1.29. The van der Waals surface area contributed by atoms with Gasteiger partial charge in [0.05, 0.1) is 12.5 Å². The van der Waals surface area contributed by atoms with E-state index in [1.807, 2.05) is 19.1 Å². The van der Waals surface area contributed by atoms with Crippen LogP contribution in [0.2, 0.25) is 0 Å². The largest absolute Gasteiger partial charge is 0.497 e. The van der Waals surface area contributed by atoms with E-state index in [1.54, 1.807) is 18.4 Å². The number of hydrogen-bond acceptors (Lipinski definition) is 5. The number of ether oxygens (including phenoxy) is 1. The molecule has 2 unspecified atom stereocenters. The maximum absolute atomic E-state index is 5.30. The molecule has 1 aromatic carbocycles. The van der Waals surface area contributed by atoms with Gasteiger partial charge in [0, 0.05) is 24.0 Å². The summed E-state index contributed by atoms with van der Waals surface area (Å²) in [5.74, 6) is 4.19. The molecule has 3 heterocycles. The Hall–Kier alpha value is -2.14. The number of rotatable bonds is 3. The van der Waals surface area contributed by atoms with E-state index in [0.29, 0.717) is 11.8 Å². The highest BCUT2D eigenvalue weighted by molar-refractivity contribution is 7.17. The fraction of sp³-hybridized carbons (Fsp3) is 0.429. The lowest BCUT2D eigenvalue weighted by molar-refractivity contribution is 0.355. The van der Waals surface area contributed by atoms with E-state index in [9.17, 15) is 0 Å². The van der Waals surface area contributed by atoms with Crippen LogP contribution in [0.5, 0.6) is 5.75 Å². The summed E-state index contributed by atoms with van der Waals surface area (Å²) in [6, 6.07) is 8.26. The van der Waals surface area contributed by atoms with Crippen molar-refractivity contribution in [2.24, 2.45) is 11.8 Å². The molecule has 1 saturated heterocycles. The van der Waals surface area contributed by atoms with Gasteiger partial charge in [0.25, 0.3) is 0 Å². The number of benzene rings is 1. The quantitative estimate of drug-likeness (QED) is 0.641. The van der Waals surface area contributed by atoms with Crippen molar-refractivity contribution in [2.45, 2.75) is 27.2 Å². The molecule has 0 spiro atoms. The van der Waals surface area contributed by atoms with Crippen LogP contribution in [-0.2, 0) is 0 Å². The molecule has 0 bridgehead atoms. The summed E-state index contributed by atoms with van der Waals surface area (Å²) >= 11 is 1.70. The van der Waals surface area contributed by atoms with Crippen LogP contribution in [0, 0.1) is 18.8 Å². The van der Waals surface area contributed by atoms with Gasteiger partial charge in [0.15, 0.2) is 0 Å². The molecule has 0 radical (unpaired) electrons. The van der Waals surface area contributed by atoms with Crippen molar-refractivity contribution in [1.29, 1.82) is 0 Å². The Morgan fingerprint density at radius 1 is 1.08 bits per heavy atom. The number of piperidine rings is 1. The minimum Gasteiger partial charge on any atom is -0.497 e. The first-order valence-corrected chi connectivity index (χ1v) is 10.1. The third-order valence-electron chi connectivity index (χ3n) is 5.10.